The molecule has 1 aromatic carbocycles. The summed E-state index contributed by atoms with van der Waals surface area (Å²) in [5.41, 5.74) is 6.23. The van der Waals surface area contributed by atoms with Gasteiger partial charge in [0, 0.05) is 25.3 Å². The summed E-state index contributed by atoms with van der Waals surface area (Å²) in [6.07, 6.45) is 0. The first-order valence-electron chi connectivity index (χ1n) is 5.87. The monoisotopic (exact) mass is 253 g/mol. The van der Waals surface area contributed by atoms with Crippen LogP contribution >= 0.6 is 0 Å². The third-order valence-corrected chi connectivity index (χ3v) is 2.73. The Bertz CT molecular complexity index is 421. The number of halogens is 1. The molecule has 0 bridgehead atoms. The summed E-state index contributed by atoms with van der Waals surface area (Å²) in [7, 11) is 1.62. The smallest absolute Gasteiger partial charge is 0.147 e. The van der Waals surface area contributed by atoms with Gasteiger partial charge in [0.05, 0.1) is 12.3 Å². The van der Waals surface area contributed by atoms with Crippen molar-refractivity contribution in [1.29, 1.82) is 5.41 Å². The van der Waals surface area contributed by atoms with Gasteiger partial charge in [-0.05, 0) is 32.0 Å². The maximum atomic E-state index is 14.0. The van der Waals surface area contributed by atoms with Crippen LogP contribution in [-0.2, 0) is 4.74 Å². The topological polar surface area (TPSA) is 62.3 Å². The normalized spacial score (nSPS) is 10.7. The lowest BCUT2D eigenvalue weighted by Gasteiger charge is -2.29. The van der Waals surface area contributed by atoms with E-state index in [2.05, 4.69) is 0 Å². The Morgan fingerprint density at radius 2 is 2.17 bits per heavy atom. The number of benzene rings is 1. The molecule has 0 saturated heterocycles. The number of amidine groups is 1. The molecule has 0 aliphatic heterocycles. The first-order valence-corrected chi connectivity index (χ1v) is 5.87. The third kappa shape index (κ3) is 3.43. The number of hydrogen-bond acceptors (Lipinski definition) is 3. The average Bonchev–Trinajstić information content (AvgIpc) is 2.30. The van der Waals surface area contributed by atoms with Gasteiger partial charge in [-0.2, -0.15) is 0 Å². The molecule has 18 heavy (non-hydrogen) atoms. The molecule has 0 aliphatic rings. The third-order valence-electron chi connectivity index (χ3n) is 2.73. The summed E-state index contributed by atoms with van der Waals surface area (Å²) >= 11 is 0. The number of nitrogen functional groups attached to an aromatic ring is 1. The van der Waals surface area contributed by atoms with E-state index < -0.39 is 0 Å². The minimum Gasteiger partial charge on any atom is -0.384 e. The van der Waals surface area contributed by atoms with E-state index in [1.807, 2.05) is 18.7 Å². The Kier molecular flexibility index (Phi) is 5.09. The van der Waals surface area contributed by atoms with Gasteiger partial charge >= 0.3 is 0 Å². The first kappa shape index (κ1) is 14.4. The van der Waals surface area contributed by atoms with Crippen LogP contribution in [0.5, 0.6) is 0 Å². The Morgan fingerprint density at radius 3 is 2.61 bits per heavy atom. The highest BCUT2D eigenvalue weighted by molar-refractivity contribution is 5.95. The molecule has 0 atom stereocenters. The number of methoxy groups -OCH3 is 1. The maximum Gasteiger partial charge on any atom is 0.147 e. The van der Waals surface area contributed by atoms with E-state index in [1.54, 1.807) is 19.2 Å². The van der Waals surface area contributed by atoms with E-state index in [-0.39, 0.29) is 17.7 Å². The summed E-state index contributed by atoms with van der Waals surface area (Å²) in [6.45, 7) is 5.14. The lowest BCUT2D eigenvalue weighted by atomic mass is 10.1. The standard InChI is InChI=1S/C13H20FN3O/c1-9(2)17(6-7-18-3)12-5-4-10(13(15)16)8-11(12)14/h4-5,8-9H,6-7H2,1-3H3,(H3,15,16). The van der Waals surface area contributed by atoms with Crippen molar-refractivity contribution >= 4 is 11.5 Å². The van der Waals surface area contributed by atoms with Crippen LogP contribution in [0, 0.1) is 11.2 Å². The van der Waals surface area contributed by atoms with Crippen molar-refractivity contribution in [2.75, 3.05) is 25.2 Å². The second-order valence-electron chi connectivity index (χ2n) is 4.36. The summed E-state index contributed by atoms with van der Waals surface area (Å²) in [5, 5.41) is 7.28. The van der Waals surface area contributed by atoms with Crippen LogP contribution in [0.15, 0.2) is 18.2 Å². The zero-order valence-electron chi connectivity index (χ0n) is 11.0. The molecule has 0 saturated carbocycles. The largest absolute Gasteiger partial charge is 0.384 e. The number of nitrogens with zero attached hydrogens (tertiary/aromatic N) is 1. The molecule has 3 N–H and O–H groups in total. The van der Waals surface area contributed by atoms with Crippen LogP contribution in [0.1, 0.15) is 19.4 Å². The number of ether oxygens (including phenoxy) is 1. The van der Waals surface area contributed by atoms with E-state index in [0.29, 0.717) is 24.4 Å². The molecule has 100 valence electrons. The second kappa shape index (κ2) is 6.35. The van der Waals surface area contributed by atoms with E-state index >= 15 is 0 Å². The highest BCUT2D eigenvalue weighted by Crippen LogP contribution is 2.22. The highest BCUT2D eigenvalue weighted by Gasteiger charge is 2.15. The van der Waals surface area contributed by atoms with Crippen molar-refractivity contribution in [3.8, 4) is 0 Å². The van der Waals surface area contributed by atoms with Gasteiger partial charge in [-0.15, -0.1) is 0 Å². The number of anilines is 1. The summed E-state index contributed by atoms with van der Waals surface area (Å²) < 4.78 is 19.0. The van der Waals surface area contributed by atoms with Crippen LogP contribution in [0.3, 0.4) is 0 Å². The molecule has 0 unspecified atom stereocenters. The molecule has 1 aromatic rings. The number of nitrogens with one attached hydrogen (secondary N) is 1. The van der Waals surface area contributed by atoms with E-state index in [4.69, 9.17) is 15.9 Å². The van der Waals surface area contributed by atoms with Crippen LogP contribution in [-0.4, -0.2) is 32.1 Å². The van der Waals surface area contributed by atoms with Gasteiger partial charge in [0.15, 0.2) is 0 Å². The Hall–Kier alpha value is -1.62. The van der Waals surface area contributed by atoms with Gasteiger partial charge in [-0.3, -0.25) is 5.41 Å². The molecule has 0 aliphatic carbocycles. The van der Waals surface area contributed by atoms with Crippen LogP contribution in [0.25, 0.3) is 0 Å². The van der Waals surface area contributed by atoms with Gasteiger partial charge in [0.1, 0.15) is 11.7 Å². The predicted octanol–water partition coefficient (Wildman–Crippen LogP) is 1.97. The lowest BCUT2D eigenvalue weighted by Crippen LogP contribution is -2.34. The number of hydrogen-bond donors (Lipinski definition) is 2. The van der Waals surface area contributed by atoms with Gasteiger partial charge in [-0.25, -0.2) is 4.39 Å². The fraction of sp³-hybridized carbons (Fsp3) is 0.462. The molecule has 0 spiro atoms. The lowest BCUT2D eigenvalue weighted by molar-refractivity contribution is 0.203. The number of rotatable bonds is 6. The second-order valence-corrected chi connectivity index (χ2v) is 4.36. The molecule has 5 heteroatoms. The predicted molar refractivity (Wildman–Crippen MR) is 71.8 cm³/mol. The molecular formula is C13H20FN3O. The van der Waals surface area contributed by atoms with Crippen molar-refractivity contribution in [2.24, 2.45) is 5.73 Å². The van der Waals surface area contributed by atoms with E-state index in [0.717, 1.165) is 0 Å². The molecule has 0 aromatic heterocycles. The first-order chi connectivity index (χ1) is 8.47. The Balaban J connectivity index is 3.01. The van der Waals surface area contributed by atoms with Crippen molar-refractivity contribution < 1.29 is 9.13 Å². The summed E-state index contributed by atoms with van der Waals surface area (Å²) in [4.78, 5) is 1.92. The van der Waals surface area contributed by atoms with Crippen LogP contribution in [0.4, 0.5) is 10.1 Å². The van der Waals surface area contributed by atoms with Gasteiger partial charge in [-0.1, -0.05) is 0 Å². The fourth-order valence-corrected chi connectivity index (χ4v) is 1.75. The quantitative estimate of drug-likeness (QED) is 0.602. The van der Waals surface area contributed by atoms with Crippen molar-refractivity contribution in [3.63, 3.8) is 0 Å². The average molecular weight is 253 g/mol. The summed E-state index contributed by atoms with van der Waals surface area (Å²) in [5.74, 6) is -0.499. The van der Waals surface area contributed by atoms with E-state index in [9.17, 15) is 4.39 Å². The maximum absolute atomic E-state index is 14.0. The van der Waals surface area contributed by atoms with Crippen molar-refractivity contribution in [3.05, 3.63) is 29.6 Å². The molecule has 0 amide bonds. The van der Waals surface area contributed by atoms with E-state index in [1.165, 1.54) is 6.07 Å². The van der Waals surface area contributed by atoms with Gasteiger partial charge in [0.2, 0.25) is 0 Å². The van der Waals surface area contributed by atoms with Crippen molar-refractivity contribution in [2.45, 2.75) is 19.9 Å². The zero-order chi connectivity index (χ0) is 13.7. The van der Waals surface area contributed by atoms with Crippen LogP contribution in [0.2, 0.25) is 0 Å². The molecule has 0 heterocycles. The fourth-order valence-electron chi connectivity index (χ4n) is 1.75. The van der Waals surface area contributed by atoms with Gasteiger partial charge in [0.25, 0.3) is 0 Å². The molecular weight excluding hydrogens is 233 g/mol. The molecule has 0 fully saturated rings. The highest BCUT2D eigenvalue weighted by atomic mass is 19.1. The van der Waals surface area contributed by atoms with Gasteiger partial charge < -0.3 is 15.4 Å². The number of nitrogens with two attached hydrogens (primary N) is 1. The summed E-state index contributed by atoms with van der Waals surface area (Å²) in [6, 6.07) is 4.77. The Labute approximate surface area is 107 Å². The molecule has 0 radical (unpaired) electrons. The minimum atomic E-state index is -0.368. The van der Waals surface area contributed by atoms with Crippen LogP contribution < -0.4 is 10.6 Å². The zero-order valence-corrected chi connectivity index (χ0v) is 11.0. The molecule has 1 rings (SSSR count). The SMILES string of the molecule is COCCN(c1ccc(C(=N)N)cc1F)C(C)C. The minimum absolute atomic E-state index is 0.131. The molecule has 4 nitrogen and oxygen atoms in total. The van der Waals surface area contributed by atoms with Crippen molar-refractivity contribution in [1.82, 2.24) is 0 Å². The Morgan fingerprint density at radius 1 is 1.50 bits per heavy atom.